The summed E-state index contributed by atoms with van der Waals surface area (Å²) in [5.74, 6) is -0.704. The van der Waals surface area contributed by atoms with Gasteiger partial charge in [-0.15, -0.1) is 11.3 Å². The molecule has 202 valence electrons. The number of aromatic nitrogens is 1. The SMILES string of the molecule is C[C@@H]1CN([C@H](C)CO)C(=O)c2cc(NC(=O)c3ccncc3)ccc2O[C@@H]1CN(C)S(=O)(=O)c1cccs1. The summed E-state index contributed by atoms with van der Waals surface area (Å²) in [6.45, 7) is 3.67. The summed E-state index contributed by atoms with van der Waals surface area (Å²) < 4.78 is 33.9. The lowest BCUT2D eigenvalue weighted by atomic mass is 9.99. The molecule has 38 heavy (non-hydrogen) atoms. The van der Waals surface area contributed by atoms with Gasteiger partial charge in [0.15, 0.2) is 0 Å². The number of thiophene rings is 1. The van der Waals surface area contributed by atoms with Crippen LogP contribution >= 0.6 is 11.3 Å². The highest BCUT2D eigenvalue weighted by Crippen LogP contribution is 2.31. The number of anilines is 1. The van der Waals surface area contributed by atoms with Crippen molar-refractivity contribution >= 4 is 38.9 Å². The number of nitrogens with zero attached hydrogens (tertiary/aromatic N) is 3. The number of hydrogen-bond acceptors (Lipinski definition) is 8. The second-order valence-corrected chi connectivity index (χ2v) is 12.5. The average molecular weight is 559 g/mol. The molecule has 2 N–H and O–H groups in total. The third-order valence-electron chi connectivity index (χ3n) is 6.46. The smallest absolute Gasteiger partial charge is 0.258 e. The Hall–Kier alpha value is -3.32. The highest BCUT2D eigenvalue weighted by molar-refractivity contribution is 7.91. The highest BCUT2D eigenvalue weighted by atomic mass is 32.2. The van der Waals surface area contributed by atoms with E-state index in [1.165, 1.54) is 29.8 Å². The zero-order chi connectivity index (χ0) is 27.4. The van der Waals surface area contributed by atoms with E-state index in [9.17, 15) is 23.1 Å². The predicted molar refractivity (Wildman–Crippen MR) is 144 cm³/mol. The van der Waals surface area contributed by atoms with Gasteiger partial charge in [0.05, 0.1) is 24.8 Å². The molecule has 0 radical (unpaired) electrons. The molecule has 4 rings (SSSR count). The van der Waals surface area contributed by atoms with Crippen LogP contribution in [0.5, 0.6) is 5.75 Å². The molecule has 0 bridgehead atoms. The van der Waals surface area contributed by atoms with E-state index in [1.807, 2.05) is 6.92 Å². The van der Waals surface area contributed by atoms with Crippen LogP contribution in [0.25, 0.3) is 0 Å². The fourth-order valence-electron chi connectivity index (χ4n) is 4.14. The van der Waals surface area contributed by atoms with Crippen molar-refractivity contribution in [3.05, 3.63) is 71.4 Å². The molecule has 3 heterocycles. The molecule has 10 nitrogen and oxygen atoms in total. The number of aliphatic hydroxyl groups excluding tert-OH is 1. The van der Waals surface area contributed by atoms with Gasteiger partial charge in [0, 0.05) is 43.2 Å². The molecule has 0 fully saturated rings. The number of amides is 2. The predicted octanol–water partition coefficient (Wildman–Crippen LogP) is 2.94. The molecular weight excluding hydrogens is 528 g/mol. The fourth-order valence-corrected chi connectivity index (χ4v) is 6.52. The van der Waals surface area contributed by atoms with Gasteiger partial charge >= 0.3 is 0 Å². The zero-order valence-corrected chi connectivity index (χ0v) is 22.9. The molecule has 2 aromatic heterocycles. The third kappa shape index (κ3) is 5.88. The van der Waals surface area contributed by atoms with Gasteiger partial charge in [-0.3, -0.25) is 14.6 Å². The number of aliphatic hydroxyl groups is 1. The first-order chi connectivity index (χ1) is 18.1. The second-order valence-electron chi connectivity index (χ2n) is 9.24. The van der Waals surface area contributed by atoms with Crippen LogP contribution in [0, 0.1) is 5.92 Å². The molecule has 2 amide bonds. The van der Waals surface area contributed by atoms with Crippen LogP contribution in [0.1, 0.15) is 34.6 Å². The number of ether oxygens (including phenoxy) is 1. The van der Waals surface area contributed by atoms with E-state index in [0.717, 1.165) is 11.3 Å². The van der Waals surface area contributed by atoms with Crippen LogP contribution in [-0.2, 0) is 10.0 Å². The van der Waals surface area contributed by atoms with E-state index in [-0.39, 0.29) is 53.0 Å². The number of sulfonamides is 1. The van der Waals surface area contributed by atoms with Crippen LogP contribution in [0.2, 0.25) is 0 Å². The number of benzene rings is 1. The van der Waals surface area contributed by atoms with Gasteiger partial charge in [0.2, 0.25) is 0 Å². The maximum absolute atomic E-state index is 13.6. The molecule has 1 aliphatic heterocycles. The van der Waals surface area contributed by atoms with Crippen LogP contribution in [0.3, 0.4) is 0 Å². The molecule has 1 aromatic carbocycles. The number of nitrogens with one attached hydrogen (secondary N) is 1. The summed E-state index contributed by atoms with van der Waals surface area (Å²) in [7, 11) is -2.21. The Morgan fingerprint density at radius 2 is 2.03 bits per heavy atom. The number of rotatable bonds is 8. The Labute approximate surface area is 225 Å². The maximum atomic E-state index is 13.6. The lowest BCUT2D eigenvalue weighted by Gasteiger charge is -2.38. The van der Waals surface area contributed by atoms with Gasteiger partial charge in [0.25, 0.3) is 21.8 Å². The Morgan fingerprint density at radius 1 is 1.29 bits per heavy atom. The van der Waals surface area contributed by atoms with E-state index in [1.54, 1.807) is 53.6 Å². The van der Waals surface area contributed by atoms with Gasteiger partial charge in [0.1, 0.15) is 16.1 Å². The summed E-state index contributed by atoms with van der Waals surface area (Å²) in [5, 5.41) is 14.3. The van der Waals surface area contributed by atoms with Crippen LogP contribution in [-0.4, -0.2) is 78.4 Å². The molecule has 12 heteroatoms. The Bertz CT molecular complexity index is 1380. The monoisotopic (exact) mass is 558 g/mol. The number of carbonyl (C=O) groups is 2. The van der Waals surface area contributed by atoms with Crippen LogP contribution in [0.4, 0.5) is 5.69 Å². The number of fused-ring (bicyclic) bond motifs is 1. The second kappa shape index (κ2) is 11.6. The minimum Gasteiger partial charge on any atom is -0.488 e. The number of hydrogen-bond donors (Lipinski definition) is 2. The van der Waals surface area contributed by atoms with Gasteiger partial charge in [-0.2, -0.15) is 4.31 Å². The number of pyridine rings is 1. The maximum Gasteiger partial charge on any atom is 0.258 e. The van der Waals surface area contributed by atoms with E-state index in [4.69, 9.17) is 4.74 Å². The normalized spacial score (nSPS) is 18.8. The van der Waals surface area contributed by atoms with E-state index >= 15 is 0 Å². The molecule has 0 aliphatic carbocycles. The summed E-state index contributed by atoms with van der Waals surface area (Å²) >= 11 is 1.14. The largest absolute Gasteiger partial charge is 0.488 e. The van der Waals surface area contributed by atoms with Gasteiger partial charge in [-0.1, -0.05) is 13.0 Å². The van der Waals surface area contributed by atoms with E-state index < -0.39 is 22.2 Å². The van der Waals surface area contributed by atoms with Crippen molar-refractivity contribution in [2.75, 3.05) is 32.1 Å². The molecule has 0 saturated carbocycles. The summed E-state index contributed by atoms with van der Waals surface area (Å²) in [6.07, 6.45) is 2.43. The average Bonchev–Trinajstić information content (AvgIpc) is 3.47. The summed E-state index contributed by atoms with van der Waals surface area (Å²) in [4.78, 5) is 31.7. The Morgan fingerprint density at radius 3 is 2.68 bits per heavy atom. The quantitative estimate of drug-likeness (QED) is 0.435. The molecule has 0 spiro atoms. The van der Waals surface area contributed by atoms with E-state index in [0.29, 0.717) is 11.3 Å². The van der Waals surface area contributed by atoms with Gasteiger partial charge in [-0.25, -0.2) is 8.42 Å². The van der Waals surface area contributed by atoms with Crippen LogP contribution < -0.4 is 10.1 Å². The molecule has 0 saturated heterocycles. The summed E-state index contributed by atoms with van der Waals surface area (Å²) in [6, 6.07) is 10.7. The first-order valence-electron chi connectivity index (χ1n) is 12.1. The molecular formula is C26H30N4O6S2. The third-order valence-corrected chi connectivity index (χ3v) is 9.66. The van der Waals surface area contributed by atoms with Gasteiger partial charge < -0.3 is 20.1 Å². The summed E-state index contributed by atoms with van der Waals surface area (Å²) in [5.41, 5.74) is 1.01. The lowest BCUT2D eigenvalue weighted by Crippen LogP contribution is -2.50. The number of likely N-dealkylation sites (N-methyl/N-ethyl adjacent to an activating group) is 1. The van der Waals surface area contributed by atoms with Crippen molar-refractivity contribution in [1.82, 2.24) is 14.2 Å². The Balaban J connectivity index is 1.65. The minimum absolute atomic E-state index is 0.0525. The van der Waals surface area contributed by atoms with Crippen molar-refractivity contribution in [1.29, 1.82) is 0 Å². The van der Waals surface area contributed by atoms with Crippen molar-refractivity contribution in [3.8, 4) is 5.75 Å². The fraction of sp³-hybridized carbons (Fsp3) is 0.346. The molecule has 3 aromatic rings. The zero-order valence-electron chi connectivity index (χ0n) is 21.3. The van der Waals surface area contributed by atoms with Crippen molar-refractivity contribution in [2.45, 2.75) is 30.2 Å². The minimum atomic E-state index is -3.71. The lowest BCUT2D eigenvalue weighted by molar-refractivity contribution is 0.0387. The van der Waals surface area contributed by atoms with E-state index in [2.05, 4.69) is 10.3 Å². The van der Waals surface area contributed by atoms with Crippen LogP contribution in [0.15, 0.2) is 64.4 Å². The molecule has 1 aliphatic rings. The standard InChI is InChI=1S/C26H30N4O6S2/c1-17-14-30(18(2)16-31)26(33)21-13-20(28-25(32)19-8-10-27-11-9-19)6-7-22(21)36-23(17)15-29(3)38(34,35)24-5-4-12-37-24/h4-13,17-18,23,31H,14-16H2,1-3H3,(H,28,32)/t17-,18-,23-/m1/s1. The first kappa shape index (κ1) is 27.7. The molecule has 0 unspecified atom stereocenters. The topological polar surface area (TPSA) is 129 Å². The highest BCUT2D eigenvalue weighted by Gasteiger charge is 2.35. The molecule has 3 atom stereocenters. The number of carbonyl (C=O) groups excluding carboxylic acids is 2. The van der Waals surface area contributed by atoms with Gasteiger partial charge in [-0.05, 0) is 48.7 Å². The Kier molecular flexibility index (Phi) is 8.46. The van der Waals surface area contributed by atoms with Crippen molar-refractivity contribution < 1.29 is 27.9 Å². The first-order valence-corrected chi connectivity index (χ1v) is 14.4. The van der Waals surface area contributed by atoms with Crippen molar-refractivity contribution in [3.63, 3.8) is 0 Å². The van der Waals surface area contributed by atoms with Crippen molar-refractivity contribution in [2.24, 2.45) is 5.92 Å².